The first-order chi connectivity index (χ1) is 8.59. The fourth-order valence-corrected chi connectivity index (χ4v) is 4.36. The molecule has 2 rings (SSSR count). The summed E-state index contributed by atoms with van der Waals surface area (Å²) in [5, 5.41) is 0.134. The first kappa shape index (κ1) is 14.9. The number of benzene rings is 1. The smallest absolute Gasteiger partial charge is 0.0624 e. The largest absolute Gasteiger partial charge is 0.117 e. The van der Waals surface area contributed by atoms with E-state index < -0.39 is 0 Å². The van der Waals surface area contributed by atoms with Crippen LogP contribution in [0.1, 0.15) is 55.0 Å². The highest BCUT2D eigenvalue weighted by molar-refractivity contribution is 9.11. The van der Waals surface area contributed by atoms with Crippen molar-refractivity contribution in [2.45, 2.75) is 50.8 Å². The summed E-state index contributed by atoms with van der Waals surface area (Å²) in [7, 11) is 0. The molecule has 1 unspecified atom stereocenters. The van der Waals surface area contributed by atoms with E-state index >= 15 is 0 Å². The zero-order chi connectivity index (χ0) is 13.1. The van der Waals surface area contributed by atoms with Crippen LogP contribution in [-0.4, -0.2) is 0 Å². The number of hydrogen-bond acceptors (Lipinski definition) is 0. The molecule has 0 radical (unpaired) electrons. The minimum atomic E-state index is 0.134. The number of rotatable bonds is 2. The van der Waals surface area contributed by atoms with Crippen LogP contribution in [0.3, 0.4) is 0 Å². The van der Waals surface area contributed by atoms with Gasteiger partial charge in [0.1, 0.15) is 0 Å². The van der Waals surface area contributed by atoms with Crippen LogP contribution in [-0.2, 0) is 0 Å². The maximum absolute atomic E-state index is 6.74. The lowest BCUT2D eigenvalue weighted by Gasteiger charge is -2.22. The van der Waals surface area contributed by atoms with Gasteiger partial charge in [0, 0.05) is 8.95 Å². The monoisotopic (exact) mass is 392 g/mol. The molecule has 1 saturated carbocycles. The standard InChI is InChI=1S/C15H19Br2Cl/c1-10-8-14(17)12(9-13(10)16)15(18)11-6-4-2-3-5-7-11/h8-9,11,15H,2-7H2,1H3. The number of alkyl halides is 1. The molecule has 3 heteroatoms. The Morgan fingerprint density at radius 3 is 2.28 bits per heavy atom. The second kappa shape index (κ2) is 6.76. The van der Waals surface area contributed by atoms with E-state index in [0.717, 1.165) is 8.95 Å². The Labute approximate surface area is 132 Å². The normalized spacial score (nSPS) is 19.6. The predicted octanol–water partition coefficient (Wildman–Crippen LogP) is 6.77. The molecular formula is C15H19Br2Cl. The maximum atomic E-state index is 6.74. The second-order valence-electron chi connectivity index (χ2n) is 5.28. The van der Waals surface area contributed by atoms with Crippen LogP contribution in [0.4, 0.5) is 0 Å². The summed E-state index contributed by atoms with van der Waals surface area (Å²) in [4.78, 5) is 0. The highest BCUT2D eigenvalue weighted by Crippen LogP contribution is 2.42. The zero-order valence-electron chi connectivity index (χ0n) is 10.7. The Hall–Kier alpha value is 0.470. The van der Waals surface area contributed by atoms with Crippen molar-refractivity contribution >= 4 is 43.5 Å². The van der Waals surface area contributed by atoms with Crippen LogP contribution in [0.25, 0.3) is 0 Å². The van der Waals surface area contributed by atoms with Crippen LogP contribution < -0.4 is 0 Å². The Kier molecular flexibility index (Phi) is 5.59. The van der Waals surface area contributed by atoms with E-state index in [1.165, 1.54) is 49.7 Å². The molecule has 1 aliphatic rings. The van der Waals surface area contributed by atoms with Gasteiger partial charge in [0.05, 0.1) is 5.38 Å². The van der Waals surface area contributed by atoms with E-state index in [-0.39, 0.29) is 5.38 Å². The summed E-state index contributed by atoms with van der Waals surface area (Å²) in [6, 6.07) is 4.34. The van der Waals surface area contributed by atoms with Gasteiger partial charge in [-0.15, -0.1) is 11.6 Å². The molecule has 1 atom stereocenters. The molecule has 0 N–H and O–H groups in total. The van der Waals surface area contributed by atoms with Gasteiger partial charge in [-0.05, 0) is 48.9 Å². The molecule has 0 aliphatic heterocycles. The summed E-state index contributed by atoms with van der Waals surface area (Å²) >= 11 is 14.0. The molecule has 1 aromatic carbocycles. The average molecular weight is 395 g/mol. The molecule has 0 saturated heterocycles. The minimum absolute atomic E-state index is 0.134. The summed E-state index contributed by atoms with van der Waals surface area (Å²) in [5.74, 6) is 0.625. The van der Waals surface area contributed by atoms with Crippen LogP contribution in [0.2, 0.25) is 0 Å². The van der Waals surface area contributed by atoms with Gasteiger partial charge < -0.3 is 0 Å². The van der Waals surface area contributed by atoms with E-state index in [9.17, 15) is 0 Å². The average Bonchev–Trinajstić information content (AvgIpc) is 2.61. The molecular weight excluding hydrogens is 375 g/mol. The molecule has 0 spiro atoms. The molecule has 0 aromatic heterocycles. The van der Waals surface area contributed by atoms with Gasteiger partial charge in [-0.1, -0.05) is 57.5 Å². The minimum Gasteiger partial charge on any atom is -0.117 e. The fraction of sp³-hybridized carbons (Fsp3) is 0.600. The van der Waals surface area contributed by atoms with E-state index in [0.29, 0.717) is 5.92 Å². The van der Waals surface area contributed by atoms with Crippen molar-refractivity contribution in [3.63, 3.8) is 0 Å². The van der Waals surface area contributed by atoms with E-state index in [1.54, 1.807) is 0 Å². The van der Waals surface area contributed by atoms with Crippen LogP contribution in [0.5, 0.6) is 0 Å². The van der Waals surface area contributed by atoms with Gasteiger partial charge in [0.25, 0.3) is 0 Å². The van der Waals surface area contributed by atoms with Crippen LogP contribution >= 0.6 is 43.5 Å². The Morgan fingerprint density at radius 2 is 1.67 bits per heavy atom. The summed E-state index contributed by atoms with van der Waals surface area (Å²) < 4.78 is 2.30. The van der Waals surface area contributed by atoms with E-state index in [4.69, 9.17) is 11.6 Å². The SMILES string of the molecule is Cc1cc(Br)c(C(Cl)C2CCCCCC2)cc1Br. The zero-order valence-corrected chi connectivity index (χ0v) is 14.6. The molecule has 0 amide bonds. The van der Waals surface area contributed by atoms with Crippen molar-refractivity contribution in [3.8, 4) is 0 Å². The third kappa shape index (κ3) is 3.52. The van der Waals surface area contributed by atoms with Crippen molar-refractivity contribution in [2.75, 3.05) is 0 Å². The van der Waals surface area contributed by atoms with Gasteiger partial charge >= 0.3 is 0 Å². The summed E-state index contributed by atoms with van der Waals surface area (Å²) in [5.41, 5.74) is 2.48. The van der Waals surface area contributed by atoms with Gasteiger partial charge in [0.2, 0.25) is 0 Å². The van der Waals surface area contributed by atoms with Gasteiger partial charge in [-0.25, -0.2) is 0 Å². The lowest BCUT2D eigenvalue weighted by Crippen LogP contribution is -2.08. The predicted molar refractivity (Wildman–Crippen MR) is 86.4 cm³/mol. The third-order valence-corrected chi connectivity index (χ3v) is 6.02. The second-order valence-corrected chi connectivity index (χ2v) is 7.46. The van der Waals surface area contributed by atoms with Crippen molar-refractivity contribution in [1.82, 2.24) is 0 Å². The van der Waals surface area contributed by atoms with E-state index in [1.807, 2.05) is 0 Å². The molecule has 0 nitrogen and oxygen atoms in total. The van der Waals surface area contributed by atoms with Gasteiger partial charge in [-0.2, -0.15) is 0 Å². The Balaban J connectivity index is 2.21. The molecule has 100 valence electrons. The molecule has 18 heavy (non-hydrogen) atoms. The van der Waals surface area contributed by atoms with Crippen LogP contribution in [0.15, 0.2) is 21.1 Å². The molecule has 1 fully saturated rings. The molecule has 0 heterocycles. The third-order valence-electron chi connectivity index (χ3n) is 3.89. The van der Waals surface area contributed by atoms with Gasteiger partial charge in [-0.3, -0.25) is 0 Å². The highest BCUT2D eigenvalue weighted by Gasteiger charge is 2.24. The molecule has 1 aliphatic carbocycles. The Morgan fingerprint density at radius 1 is 1.06 bits per heavy atom. The van der Waals surface area contributed by atoms with Crippen LogP contribution in [0, 0.1) is 12.8 Å². The quantitative estimate of drug-likeness (QED) is 0.383. The maximum Gasteiger partial charge on any atom is 0.0624 e. The van der Waals surface area contributed by atoms with Crippen molar-refractivity contribution in [2.24, 2.45) is 5.92 Å². The Bertz CT molecular complexity index is 409. The van der Waals surface area contributed by atoms with Gasteiger partial charge in [0.15, 0.2) is 0 Å². The first-order valence-corrected chi connectivity index (χ1v) is 8.71. The number of aryl methyl sites for hydroxylation is 1. The van der Waals surface area contributed by atoms with Crippen molar-refractivity contribution in [3.05, 3.63) is 32.2 Å². The van der Waals surface area contributed by atoms with Crippen molar-refractivity contribution < 1.29 is 0 Å². The fourth-order valence-electron chi connectivity index (χ4n) is 2.73. The van der Waals surface area contributed by atoms with E-state index in [2.05, 4.69) is 50.9 Å². The highest BCUT2D eigenvalue weighted by atomic mass is 79.9. The summed E-state index contributed by atoms with van der Waals surface area (Å²) in [6.45, 7) is 2.10. The number of halogens is 3. The van der Waals surface area contributed by atoms with Crippen molar-refractivity contribution in [1.29, 1.82) is 0 Å². The molecule has 1 aromatic rings. The number of hydrogen-bond donors (Lipinski definition) is 0. The topological polar surface area (TPSA) is 0 Å². The molecule has 0 bridgehead atoms. The first-order valence-electron chi connectivity index (χ1n) is 6.69. The summed E-state index contributed by atoms with van der Waals surface area (Å²) in [6.07, 6.45) is 7.95. The lowest BCUT2D eigenvalue weighted by atomic mass is 9.91. The lowest BCUT2D eigenvalue weighted by molar-refractivity contribution is 0.444.